The Kier molecular flexibility index (Phi) is 4.25. The van der Waals surface area contributed by atoms with Gasteiger partial charge in [-0.1, -0.05) is 23.7 Å². The van der Waals surface area contributed by atoms with Crippen LogP contribution in [-0.2, 0) is 16.1 Å². The lowest BCUT2D eigenvalue weighted by molar-refractivity contribution is -0.153. The highest BCUT2D eigenvalue weighted by Crippen LogP contribution is 2.21. The van der Waals surface area contributed by atoms with Crippen LogP contribution in [0.5, 0.6) is 0 Å². The monoisotopic (exact) mass is 267 g/mol. The molecular weight excluding hydrogens is 250 g/mol. The van der Waals surface area contributed by atoms with Crippen molar-refractivity contribution >= 4 is 17.6 Å². The molecule has 0 spiro atoms. The summed E-state index contributed by atoms with van der Waals surface area (Å²) in [6.45, 7) is 3.06. The minimum absolute atomic E-state index is 0.179. The molecular formula is C14H18ClNO2. The van der Waals surface area contributed by atoms with Crippen molar-refractivity contribution < 1.29 is 9.53 Å². The number of rotatable bonds is 3. The zero-order valence-electron chi connectivity index (χ0n) is 10.5. The molecule has 1 heterocycles. The first-order valence-corrected chi connectivity index (χ1v) is 6.65. The van der Waals surface area contributed by atoms with Gasteiger partial charge in [0.15, 0.2) is 0 Å². The van der Waals surface area contributed by atoms with Gasteiger partial charge in [-0.2, -0.15) is 0 Å². The van der Waals surface area contributed by atoms with Crippen molar-refractivity contribution in [3.63, 3.8) is 0 Å². The van der Waals surface area contributed by atoms with Gasteiger partial charge in [0.25, 0.3) is 0 Å². The van der Waals surface area contributed by atoms with E-state index in [4.69, 9.17) is 16.3 Å². The molecule has 1 aromatic rings. The molecule has 0 radical (unpaired) electrons. The highest BCUT2D eigenvalue weighted by atomic mass is 35.5. The topological polar surface area (TPSA) is 38.3 Å². The molecule has 1 N–H and O–H groups in total. The van der Waals surface area contributed by atoms with Gasteiger partial charge in [0.05, 0.1) is 0 Å². The quantitative estimate of drug-likeness (QED) is 0.856. The fourth-order valence-electron chi connectivity index (χ4n) is 2.17. The van der Waals surface area contributed by atoms with Crippen molar-refractivity contribution in [2.45, 2.75) is 38.3 Å². The zero-order chi connectivity index (χ0) is 13.0. The largest absolute Gasteiger partial charge is 0.459 e. The second-order valence-electron chi connectivity index (χ2n) is 4.92. The third-order valence-corrected chi connectivity index (χ3v) is 3.56. The maximum absolute atomic E-state index is 12.1. The summed E-state index contributed by atoms with van der Waals surface area (Å²) >= 11 is 5.88. The van der Waals surface area contributed by atoms with Crippen molar-refractivity contribution in [1.82, 2.24) is 5.32 Å². The highest BCUT2D eigenvalue weighted by Gasteiger charge is 2.35. The number of esters is 1. The van der Waals surface area contributed by atoms with E-state index >= 15 is 0 Å². The summed E-state index contributed by atoms with van der Waals surface area (Å²) in [6, 6.07) is 7.37. The minimum atomic E-state index is -0.531. The number of carbonyl (C=O) groups is 1. The minimum Gasteiger partial charge on any atom is -0.459 e. The van der Waals surface area contributed by atoms with Gasteiger partial charge < -0.3 is 10.1 Å². The lowest BCUT2D eigenvalue weighted by Crippen LogP contribution is -2.52. The molecule has 0 saturated carbocycles. The average molecular weight is 268 g/mol. The Morgan fingerprint density at radius 2 is 2.33 bits per heavy atom. The molecule has 4 heteroatoms. The average Bonchev–Trinajstić information content (AvgIpc) is 2.37. The van der Waals surface area contributed by atoms with Crippen molar-refractivity contribution in [3.8, 4) is 0 Å². The molecule has 0 amide bonds. The van der Waals surface area contributed by atoms with E-state index in [0.717, 1.165) is 31.4 Å². The molecule has 2 rings (SSSR count). The zero-order valence-corrected chi connectivity index (χ0v) is 11.3. The van der Waals surface area contributed by atoms with Gasteiger partial charge in [-0.25, -0.2) is 0 Å². The molecule has 0 aliphatic carbocycles. The predicted octanol–water partition coefficient (Wildman–Crippen LogP) is 2.92. The Bertz CT molecular complexity index is 428. The van der Waals surface area contributed by atoms with Crippen LogP contribution >= 0.6 is 11.6 Å². The smallest absolute Gasteiger partial charge is 0.326 e. The van der Waals surface area contributed by atoms with E-state index in [0.29, 0.717) is 5.02 Å². The SMILES string of the molecule is CC1(C(=O)OCc2cccc(Cl)c2)CCCCN1. The Labute approximate surface area is 112 Å². The summed E-state index contributed by atoms with van der Waals surface area (Å²) in [5.41, 5.74) is 0.381. The van der Waals surface area contributed by atoms with E-state index in [2.05, 4.69) is 5.32 Å². The Hall–Kier alpha value is -1.06. The first kappa shape index (κ1) is 13.4. The number of hydrogen-bond donors (Lipinski definition) is 1. The van der Waals surface area contributed by atoms with E-state index in [1.54, 1.807) is 6.07 Å². The Morgan fingerprint density at radius 3 is 3.00 bits per heavy atom. The Balaban J connectivity index is 1.91. The van der Waals surface area contributed by atoms with E-state index < -0.39 is 5.54 Å². The van der Waals surface area contributed by atoms with Gasteiger partial charge in [0, 0.05) is 5.02 Å². The third-order valence-electron chi connectivity index (χ3n) is 3.33. The van der Waals surface area contributed by atoms with Crippen molar-refractivity contribution in [2.24, 2.45) is 0 Å². The fourth-order valence-corrected chi connectivity index (χ4v) is 2.38. The lowest BCUT2D eigenvalue weighted by Gasteiger charge is -2.32. The number of benzene rings is 1. The maximum Gasteiger partial charge on any atom is 0.326 e. The van der Waals surface area contributed by atoms with Crippen molar-refractivity contribution in [1.29, 1.82) is 0 Å². The summed E-state index contributed by atoms with van der Waals surface area (Å²) in [6.07, 6.45) is 3.02. The van der Waals surface area contributed by atoms with E-state index in [1.807, 2.05) is 25.1 Å². The standard InChI is InChI=1S/C14H18ClNO2/c1-14(7-2-3-8-16-14)13(17)18-10-11-5-4-6-12(15)9-11/h4-6,9,16H,2-3,7-8,10H2,1H3. The molecule has 1 fully saturated rings. The van der Waals surface area contributed by atoms with Gasteiger partial charge in [-0.3, -0.25) is 4.79 Å². The van der Waals surface area contributed by atoms with Gasteiger partial charge in [-0.15, -0.1) is 0 Å². The van der Waals surface area contributed by atoms with Crippen molar-refractivity contribution in [3.05, 3.63) is 34.9 Å². The van der Waals surface area contributed by atoms with Crippen LogP contribution in [-0.4, -0.2) is 18.1 Å². The van der Waals surface area contributed by atoms with E-state index in [1.165, 1.54) is 0 Å². The molecule has 1 aromatic carbocycles. The van der Waals surface area contributed by atoms with Gasteiger partial charge >= 0.3 is 5.97 Å². The third kappa shape index (κ3) is 3.24. The molecule has 1 aliphatic rings. The molecule has 1 unspecified atom stereocenters. The van der Waals surface area contributed by atoms with Crippen LogP contribution in [0.2, 0.25) is 5.02 Å². The summed E-state index contributed by atoms with van der Waals surface area (Å²) < 4.78 is 5.37. The molecule has 1 atom stereocenters. The summed E-state index contributed by atoms with van der Waals surface area (Å²) in [5, 5.41) is 3.90. The lowest BCUT2D eigenvalue weighted by atomic mass is 9.91. The van der Waals surface area contributed by atoms with Crippen LogP contribution in [0.25, 0.3) is 0 Å². The predicted molar refractivity (Wildman–Crippen MR) is 71.5 cm³/mol. The van der Waals surface area contributed by atoms with Crippen LogP contribution in [0.1, 0.15) is 31.7 Å². The molecule has 0 aromatic heterocycles. The number of carbonyl (C=O) groups excluding carboxylic acids is 1. The second-order valence-corrected chi connectivity index (χ2v) is 5.36. The van der Waals surface area contributed by atoms with Crippen molar-refractivity contribution in [2.75, 3.05) is 6.54 Å². The Morgan fingerprint density at radius 1 is 1.50 bits per heavy atom. The van der Waals surface area contributed by atoms with Gasteiger partial charge in [0.1, 0.15) is 12.1 Å². The van der Waals surface area contributed by atoms with Crippen LogP contribution in [0.15, 0.2) is 24.3 Å². The number of ether oxygens (including phenoxy) is 1. The number of nitrogens with one attached hydrogen (secondary N) is 1. The normalized spacial score (nSPS) is 23.7. The van der Waals surface area contributed by atoms with Crippen LogP contribution in [0.3, 0.4) is 0 Å². The fraction of sp³-hybridized carbons (Fsp3) is 0.500. The van der Waals surface area contributed by atoms with Crippen LogP contribution in [0.4, 0.5) is 0 Å². The summed E-state index contributed by atoms with van der Waals surface area (Å²) in [5.74, 6) is -0.179. The highest BCUT2D eigenvalue weighted by molar-refractivity contribution is 6.30. The molecule has 98 valence electrons. The molecule has 18 heavy (non-hydrogen) atoms. The van der Waals surface area contributed by atoms with Gasteiger partial charge in [0.2, 0.25) is 0 Å². The van der Waals surface area contributed by atoms with E-state index in [9.17, 15) is 4.79 Å². The molecule has 3 nitrogen and oxygen atoms in total. The number of hydrogen-bond acceptors (Lipinski definition) is 3. The first-order valence-electron chi connectivity index (χ1n) is 6.27. The molecule has 0 bridgehead atoms. The molecule has 1 aliphatic heterocycles. The maximum atomic E-state index is 12.1. The summed E-state index contributed by atoms with van der Waals surface area (Å²) in [7, 11) is 0. The molecule has 1 saturated heterocycles. The number of piperidine rings is 1. The van der Waals surface area contributed by atoms with Crippen LogP contribution < -0.4 is 5.32 Å². The van der Waals surface area contributed by atoms with Gasteiger partial charge in [-0.05, 0) is 50.4 Å². The summed E-state index contributed by atoms with van der Waals surface area (Å²) in [4.78, 5) is 12.1. The van der Waals surface area contributed by atoms with Crippen LogP contribution in [0, 0.1) is 0 Å². The second kappa shape index (κ2) is 5.72. The first-order chi connectivity index (χ1) is 8.60. The van der Waals surface area contributed by atoms with E-state index in [-0.39, 0.29) is 12.6 Å². The number of halogens is 1.